The van der Waals surface area contributed by atoms with Crippen LogP contribution in [0.1, 0.15) is 12.7 Å². The Kier molecular flexibility index (Phi) is 7.12. The van der Waals surface area contributed by atoms with Gasteiger partial charge in [0, 0.05) is 32.7 Å². The van der Waals surface area contributed by atoms with Gasteiger partial charge in [0.2, 0.25) is 10.0 Å². The number of sulfonamides is 1. The Balaban J connectivity index is 1.90. The van der Waals surface area contributed by atoms with Crippen LogP contribution in [0, 0.1) is 10.1 Å². The van der Waals surface area contributed by atoms with Gasteiger partial charge in [0.25, 0.3) is 5.69 Å². The van der Waals surface area contributed by atoms with E-state index in [4.69, 9.17) is 0 Å². The van der Waals surface area contributed by atoms with Gasteiger partial charge in [-0.3, -0.25) is 10.1 Å². The molecule has 0 saturated heterocycles. The number of para-hydroxylation sites is 2. The molecule has 172 valence electrons. The lowest BCUT2D eigenvalue weighted by molar-refractivity contribution is -0.384. The Hall–Kier alpha value is -3.02. The van der Waals surface area contributed by atoms with E-state index in [9.17, 15) is 18.5 Å². The number of fused-ring (bicyclic) bond motifs is 1. The fraction of sp³-hybridized carbons (Fsp3) is 0.381. The molecule has 10 nitrogen and oxygen atoms in total. The summed E-state index contributed by atoms with van der Waals surface area (Å²) in [7, 11) is 1.53. The average Bonchev–Trinajstić information content (AvgIpc) is 3.09. The molecule has 0 spiro atoms. The molecule has 2 aromatic carbocycles. The van der Waals surface area contributed by atoms with Crippen molar-refractivity contribution >= 4 is 32.4 Å². The minimum Gasteiger partial charge on any atom is -0.362 e. The number of nitro groups is 1. The number of benzene rings is 2. The SMILES string of the molecule is CCn1c(CN(C)c2ccc(S(=O)(=O)NCCN(C)C)cc2[N+](=O)[O-])nc2ccccc21. The summed E-state index contributed by atoms with van der Waals surface area (Å²) in [6.45, 7) is 3.78. The second-order valence-electron chi connectivity index (χ2n) is 7.73. The Morgan fingerprint density at radius 3 is 2.53 bits per heavy atom. The molecule has 1 N–H and O–H groups in total. The molecule has 0 fully saturated rings. The Morgan fingerprint density at radius 2 is 1.88 bits per heavy atom. The van der Waals surface area contributed by atoms with Crippen LogP contribution in [-0.2, 0) is 23.1 Å². The topological polar surface area (TPSA) is 114 Å². The lowest BCUT2D eigenvalue weighted by atomic mass is 10.2. The van der Waals surface area contributed by atoms with Crippen LogP contribution in [0.2, 0.25) is 0 Å². The molecule has 32 heavy (non-hydrogen) atoms. The van der Waals surface area contributed by atoms with Gasteiger partial charge < -0.3 is 14.4 Å². The number of hydrogen-bond donors (Lipinski definition) is 1. The molecule has 1 heterocycles. The summed E-state index contributed by atoms with van der Waals surface area (Å²) in [5, 5.41) is 11.8. The fourth-order valence-corrected chi connectivity index (χ4v) is 4.56. The van der Waals surface area contributed by atoms with E-state index in [0.717, 1.165) is 22.9 Å². The Labute approximate surface area is 187 Å². The number of rotatable bonds is 10. The summed E-state index contributed by atoms with van der Waals surface area (Å²) in [6, 6.07) is 11.7. The number of aromatic nitrogens is 2. The molecular weight excluding hydrogens is 432 g/mol. The minimum absolute atomic E-state index is 0.138. The summed E-state index contributed by atoms with van der Waals surface area (Å²) >= 11 is 0. The first-order valence-electron chi connectivity index (χ1n) is 10.2. The first-order valence-corrected chi connectivity index (χ1v) is 11.7. The highest BCUT2D eigenvalue weighted by Crippen LogP contribution is 2.31. The van der Waals surface area contributed by atoms with Gasteiger partial charge in [-0.25, -0.2) is 18.1 Å². The number of aryl methyl sites for hydroxylation is 1. The van der Waals surface area contributed by atoms with Crippen molar-refractivity contribution in [3.63, 3.8) is 0 Å². The molecular formula is C21H28N6O4S. The Bertz CT molecular complexity index is 1220. The molecule has 3 aromatic rings. The third-order valence-electron chi connectivity index (χ3n) is 5.14. The van der Waals surface area contributed by atoms with Gasteiger partial charge in [-0.15, -0.1) is 0 Å². The summed E-state index contributed by atoms with van der Waals surface area (Å²) in [6.07, 6.45) is 0. The van der Waals surface area contributed by atoms with Crippen LogP contribution in [0.5, 0.6) is 0 Å². The molecule has 0 bridgehead atoms. The molecule has 0 aliphatic heterocycles. The third-order valence-corrected chi connectivity index (χ3v) is 6.60. The standard InChI is InChI=1S/C21H28N6O4S/c1-5-26-18-9-7-6-8-17(18)23-21(26)15-25(4)19-11-10-16(14-20(19)27(28)29)32(30,31)22-12-13-24(2)3/h6-11,14,22H,5,12-13,15H2,1-4H3. The van der Waals surface area contributed by atoms with E-state index in [0.29, 0.717) is 25.3 Å². The van der Waals surface area contributed by atoms with Gasteiger partial charge in [0.1, 0.15) is 11.5 Å². The van der Waals surface area contributed by atoms with Crippen molar-refractivity contribution in [1.29, 1.82) is 0 Å². The maximum atomic E-state index is 12.6. The third kappa shape index (κ3) is 5.06. The maximum Gasteiger partial charge on any atom is 0.293 e. The van der Waals surface area contributed by atoms with Crippen LogP contribution in [0.25, 0.3) is 11.0 Å². The number of anilines is 1. The van der Waals surface area contributed by atoms with Crippen LogP contribution >= 0.6 is 0 Å². The molecule has 0 aliphatic carbocycles. The number of nitrogens with one attached hydrogen (secondary N) is 1. The number of hydrogen-bond acceptors (Lipinski definition) is 7. The zero-order valence-electron chi connectivity index (χ0n) is 18.6. The first-order chi connectivity index (χ1) is 15.1. The molecule has 0 atom stereocenters. The summed E-state index contributed by atoms with van der Waals surface area (Å²) in [5.41, 5.74) is 1.90. The molecule has 0 saturated carbocycles. The Morgan fingerprint density at radius 1 is 1.16 bits per heavy atom. The highest BCUT2D eigenvalue weighted by atomic mass is 32.2. The molecule has 3 rings (SSSR count). The van der Waals surface area contributed by atoms with Gasteiger partial charge in [0.15, 0.2) is 0 Å². The van der Waals surface area contributed by atoms with Crippen LogP contribution in [0.15, 0.2) is 47.4 Å². The molecule has 11 heteroatoms. The van der Waals surface area contributed by atoms with Crippen molar-refractivity contribution < 1.29 is 13.3 Å². The summed E-state index contributed by atoms with van der Waals surface area (Å²) in [4.78, 5) is 19.3. The number of nitro benzene ring substituents is 1. The quantitative estimate of drug-likeness (QED) is 0.365. The van der Waals surface area contributed by atoms with E-state index < -0.39 is 14.9 Å². The van der Waals surface area contributed by atoms with E-state index in [1.165, 1.54) is 12.1 Å². The van der Waals surface area contributed by atoms with Gasteiger partial charge in [-0.2, -0.15) is 0 Å². The molecule has 0 aliphatic rings. The smallest absolute Gasteiger partial charge is 0.293 e. The van der Waals surface area contributed by atoms with Gasteiger partial charge in [0.05, 0.1) is 27.4 Å². The summed E-state index contributed by atoms with van der Waals surface area (Å²) in [5.74, 6) is 0.771. The zero-order chi connectivity index (χ0) is 23.5. The van der Waals surface area contributed by atoms with Crippen LogP contribution in [0.3, 0.4) is 0 Å². The molecule has 0 amide bonds. The van der Waals surface area contributed by atoms with Crippen LogP contribution in [0.4, 0.5) is 11.4 Å². The van der Waals surface area contributed by atoms with Crippen molar-refractivity contribution in [1.82, 2.24) is 19.2 Å². The number of imidazole rings is 1. The lowest BCUT2D eigenvalue weighted by Gasteiger charge is -2.20. The van der Waals surface area contributed by atoms with Crippen molar-refractivity contribution in [3.05, 3.63) is 58.4 Å². The van der Waals surface area contributed by atoms with E-state index in [-0.39, 0.29) is 17.1 Å². The van der Waals surface area contributed by atoms with E-state index in [2.05, 4.69) is 14.3 Å². The number of nitrogens with zero attached hydrogens (tertiary/aromatic N) is 5. The van der Waals surface area contributed by atoms with E-state index in [1.54, 1.807) is 11.9 Å². The first kappa shape index (κ1) is 23.6. The lowest BCUT2D eigenvalue weighted by Crippen LogP contribution is -2.31. The van der Waals surface area contributed by atoms with Crippen LogP contribution in [-0.4, -0.2) is 62.0 Å². The normalized spacial score (nSPS) is 11.9. The zero-order valence-corrected chi connectivity index (χ0v) is 19.5. The van der Waals surface area contributed by atoms with Gasteiger partial charge in [-0.1, -0.05) is 12.1 Å². The highest BCUT2D eigenvalue weighted by Gasteiger charge is 2.24. The van der Waals surface area contributed by atoms with Gasteiger partial charge >= 0.3 is 0 Å². The fourth-order valence-electron chi connectivity index (χ4n) is 3.52. The second-order valence-corrected chi connectivity index (χ2v) is 9.49. The van der Waals surface area contributed by atoms with Gasteiger partial charge in [-0.05, 0) is 45.3 Å². The highest BCUT2D eigenvalue weighted by molar-refractivity contribution is 7.89. The monoisotopic (exact) mass is 460 g/mol. The maximum absolute atomic E-state index is 12.6. The number of likely N-dealkylation sites (N-methyl/N-ethyl adjacent to an activating group) is 1. The van der Waals surface area contributed by atoms with Crippen LogP contribution < -0.4 is 9.62 Å². The largest absolute Gasteiger partial charge is 0.362 e. The average molecular weight is 461 g/mol. The molecule has 0 unspecified atom stereocenters. The van der Waals surface area contributed by atoms with E-state index in [1.807, 2.05) is 50.2 Å². The van der Waals surface area contributed by atoms with E-state index >= 15 is 0 Å². The molecule has 0 radical (unpaired) electrons. The minimum atomic E-state index is -3.86. The van der Waals surface area contributed by atoms with Crippen molar-refractivity contribution in [3.8, 4) is 0 Å². The van der Waals surface area contributed by atoms with Crippen molar-refractivity contribution in [2.75, 3.05) is 39.1 Å². The van der Waals surface area contributed by atoms with Crippen molar-refractivity contribution in [2.45, 2.75) is 24.9 Å². The predicted octanol–water partition coefficient (Wildman–Crippen LogP) is 2.44. The van der Waals surface area contributed by atoms with Crippen molar-refractivity contribution in [2.24, 2.45) is 0 Å². The molecule has 1 aromatic heterocycles. The summed E-state index contributed by atoms with van der Waals surface area (Å²) < 4.78 is 29.7. The predicted molar refractivity (Wildman–Crippen MR) is 124 cm³/mol. The second kappa shape index (κ2) is 9.63.